The monoisotopic (exact) mass is 292 g/mol. The number of ether oxygens (including phenoxy) is 2. The summed E-state index contributed by atoms with van der Waals surface area (Å²) in [5.74, 6) is 0.897. The Morgan fingerprint density at radius 1 is 1.48 bits per heavy atom. The number of carbonyl (C=O) groups is 1. The van der Waals surface area contributed by atoms with Crippen LogP contribution in [0.25, 0.3) is 0 Å². The molecule has 1 fully saturated rings. The number of benzene rings is 1. The summed E-state index contributed by atoms with van der Waals surface area (Å²) in [7, 11) is 0. The molecule has 1 heterocycles. The van der Waals surface area contributed by atoms with Crippen LogP contribution in [0, 0.1) is 6.92 Å². The molecule has 2 unspecified atom stereocenters. The van der Waals surface area contributed by atoms with Crippen molar-refractivity contribution in [3.05, 3.63) is 29.8 Å². The van der Waals surface area contributed by atoms with E-state index in [1.54, 1.807) is 0 Å². The Hall–Kier alpha value is -1.59. The molecule has 21 heavy (non-hydrogen) atoms. The van der Waals surface area contributed by atoms with Gasteiger partial charge < -0.3 is 20.1 Å². The molecule has 5 heteroatoms. The van der Waals surface area contributed by atoms with Crippen LogP contribution >= 0.6 is 0 Å². The summed E-state index contributed by atoms with van der Waals surface area (Å²) in [5, 5.41) is 0. The van der Waals surface area contributed by atoms with Gasteiger partial charge in [-0.15, -0.1) is 0 Å². The molecular weight excluding hydrogens is 268 g/mol. The van der Waals surface area contributed by atoms with E-state index in [9.17, 15) is 4.79 Å². The molecule has 0 saturated carbocycles. The summed E-state index contributed by atoms with van der Waals surface area (Å²) < 4.78 is 11.3. The topological polar surface area (TPSA) is 64.8 Å². The van der Waals surface area contributed by atoms with Gasteiger partial charge in [0.2, 0.25) is 5.91 Å². The van der Waals surface area contributed by atoms with E-state index in [0.717, 1.165) is 11.3 Å². The molecule has 0 radical (unpaired) electrons. The van der Waals surface area contributed by atoms with Crippen molar-refractivity contribution in [2.75, 3.05) is 26.2 Å². The molecule has 0 aliphatic carbocycles. The van der Waals surface area contributed by atoms with Crippen LogP contribution < -0.4 is 10.5 Å². The van der Waals surface area contributed by atoms with E-state index in [1.807, 2.05) is 43.0 Å². The summed E-state index contributed by atoms with van der Waals surface area (Å²) in [4.78, 5) is 14.0. The minimum absolute atomic E-state index is 0.0361. The second-order valence-electron chi connectivity index (χ2n) is 5.52. The number of morpholine rings is 1. The predicted octanol–water partition coefficient (Wildman–Crippen LogP) is 1.34. The van der Waals surface area contributed by atoms with Crippen molar-refractivity contribution in [3.8, 4) is 5.75 Å². The SMILES string of the molecule is Cc1cccc(OCCC(=O)N2CC(C)OC(CN)C2)c1. The van der Waals surface area contributed by atoms with Crippen molar-refractivity contribution in [2.24, 2.45) is 5.73 Å². The predicted molar refractivity (Wildman–Crippen MR) is 81.3 cm³/mol. The number of nitrogens with zero attached hydrogens (tertiary/aromatic N) is 1. The Bertz CT molecular complexity index is 478. The largest absolute Gasteiger partial charge is 0.493 e. The van der Waals surface area contributed by atoms with Crippen LogP contribution in [0.4, 0.5) is 0 Å². The van der Waals surface area contributed by atoms with Gasteiger partial charge in [0, 0.05) is 19.6 Å². The van der Waals surface area contributed by atoms with Crippen LogP contribution in [-0.2, 0) is 9.53 Å². The normalized spacial score (nSPS) is 22.1. The highest BCUT2D eigenvalue weighted by Gasteiger charge is 2.27. The van der Waals surface area contributed by atoms with E-state index >= 15 is 0 Å². The van der Waals surface area contributed by atoms with Crippen LogP contribution in [0.3, 0.4) is 0 Å². The Morgan fingerprint density at radius 3 is 3.00 bits per heavy atom. The number of carbonyl (C=O) groups excluding carboxylic acids is 1. The van der Waals surface area contributed by atoms with Crippen molar-refractivity contribution in [3.63, 3.8) is 0 Å². The van der Waals surface area contributed by atoms with Gasteiger partial charge in [0.1, 0.15) is 5.75 Å². The number of nitrogens with two attached hydrogens (primary N) is 1. The lowest BCUT2D eigenvalue weighted by Crippen LogP contribution is -2.51. The number of hydrogen-bond acceptors (Lipinski definition) is 4. The van der Waals surface area contributed by atoms with Crippen molar-refractivity contribution in [1.82, 2.24) is 4.90 Å². The first-order valence-electron chi connectivity index (χ1n) is 7.41. The van der Waals surface area contributed by atoms with E-state index in [0.29, 0.717) is 32.7 Å². The maximum atomic E-state index is 12.2. The van der Waals surface area contributed by atoms with E-state index in [-0.39, 0.29) is 18.1 Å². The summed E-state index contributed by atoms with van der Waals surface area (Å²) >= 11 is 0. The van der Waals surface area contributed by atoms with Crippen LogP contribution in [0.1, 0.15) is 18.9 Å². The molecule has 0 spiro atoms. The lowest BCUT2D eigenvalue weighted by Gasteiger charge is -2.36. The fourth-order valence-corrected chi connectivity index (χ4v) is 2.50. The zero-order valence-electron chi connectivity index (χ0n) is 12.7. The van der Waals surface area contributed by atoms with Crippen molar-refractivity contribution >= 4 is 5.91 Å². The maximum Gasteiger partial charge on any atom is 0.226 e. The fraction of sp³-hybridized carbons (Fsp3) is 0.562. The molecule has 2 atom stereocenters. The summed E-state index contributed by atoms with van der Waals surface area (Å²) in [6, 6.07) is 7.83. The van der Waals surface area contributed by atoms with E-state index in [1.165, 1.54) is 0 Å². The highest BCUT2D eigenvalue weighted by Crippen LogP contribution is 2.14. The maximum absolute atomic E-state index is 12.2. The van der Waals surface area contributed by atoms with E-state index in [4.69, 9.17) is 15.2 Å². The third kappa shape index (κ3) is 4.72. The van der Waals surface area contributed by atoms with Gasteiger partial charge in [-0.05, 0) is 31.5 Å². The molecule has 1 aliphatic heterocycles. The molecule has 1 aromatic rings. The first-order chi connectivity index (χ1) is 10.1. The van der Waals surface area contributed by atoms with Gasteiger partial charge in [-0.2, -0.15) is 0 Å². The molecule has 1 aromatic carbocycles. The molecular formula is C16H24N2O3. The van der Waals surface area contributed by atoms with Gasteiger partial charge in [-0.3, -0.25) is 4.79 Å². The molecule has 0 aromatic heterocycles. The van der Waals surface area contributed by atoms with Crippen molar-refractivity contribution in [1.29, 1.82) is 0 Å². The smallest absolute Gasteiger partial charge is 0.226 e. The van der Waals surface area contributed by atoms with Gasteiger partial charge in [-0.1, -0.05) is 12.1 Å². The van der Waals surface area contributed by atoms with Gasteiger partial charge in [0.05, 0.1) is 25.2 Å². The second kappa shape index (κ2) is 7.43. The average Bonchev–Trinajstić information content (AvgIpc) is 2.46. The first-order valence-corrected chi connectivity index (χ1v) is 7.41. The third-order valence-electron chi connectivity index (χ3n) is 3.52. The number of rotatable bonds is 5. The molecule has 0 bridgehead atoms. The lowest BCUT2D eigenvalue weighted by molar-refractivity contribution is -0.144. The Balaban J connectivity index is 1.79. The number of amides is 1. The first kappa shape index (κ1) is 15.8. The number of hydrogen-bond donors (Lipinski definition) is 1. The zero-order chi connectivity index (χ0) is 15.2. The van der Waals surface area contributed by atoms with Crippen LogP contribution in [0.15, 0.2) is 24.3 Å². The van der Waals surface area contributed by atoms with Gasteiger partial charge in [-0.25, -0.2) is 0 Å². The Labute approximate surface area is 126 Å². The molecule has 1 saturated heterocycles. The van der Waals surface area contributed by atoms with E-state index in [2.05, 4.69) is 0 Å². The zero-order valence-corrected chi connectivity index (χ0v) is 12.7. The number of aryl methyl sites for hydroxylation is 1. The van der Waals surface area contributed by atoms with Crippen molar-refractivity contribution in [2.45, 2.75) is 32.5 Å². The Morgan fingerprint density at radius 2 is 2.29 bits per heavy atom. The van der Waals surface area contributed by atoms with Gasteiger partial charge in [0.25, 0.3) is 0 Å². The summed E-state index contributed by atoms with van der Waals surface area (Å²) in [6.07, 6.45) is 0.349. The van der Waals surface area contributed by atoms with E-state index < -0.39 is 0 Å². The summed E-state index contributed by atoms with van der Waals surface area (Å²) in [6.45, 7) is 6.00. The second-order valence-corrected chi connectivity index (χ2v) is 5.52. The van der Waals surface area contributed by atoms with Crippen LogP contribution in [0.5, 0.6) is 5.75 Å². The fourth-order valence-electron chi connectivity index (χ4n) is 2.50. The standard InChI is InChI=1S/C16H24N2O3/c1-12-4-3-5-14(8-12)20-7-6-16(19)18-10-13(2)21-15(9-17)11-18/h3-5,8,13,15H,6-7,9-11,17H2,1-2H3. The molecule has 116 valence electrons. The van der Waals surface area contributed by atoms with Crippen molar-refractivity contribution < 1.29 is 14.3 Å². The van der Waals surface area contributed by atoms with Crippen LogP contribution in [-0.4, -0.2) is 49.3 Å². The lowest BCUT2D eigenvalue weighted by atomic mass is 10.2. The minimum Gasteiger partial charge on any atom is -0.493 e. The average molecular weight is 292 g/mol. The molecule has 5 nitrogen and oxygen atoms in total. The minimum atomic E-state index is -0.0598. The Kier molecular flexibility index (Phi) is 5.59. The van der Waals surface area contributed by atoms with Gasteiger partial charge in [0.15, 0.2) is 0 Å². The third-order valence-corrected chi connectivity index (χ3v) is 3.52. The molecule has 2 rings (SSSR count). The molecule has 1 aliphatic rings. The highest BCUT2D eigenvalue weighted by atomic mass is 16.5. The molecule has 2 N–H and O–H groups in total. The quantitative estimate of drug-likeness (QED) is 0.889. The van der Waals surface area contributed by atoms with Crippen LogP contribution in [0.2, 0.25) is 0 Å². The molecule has 1 amide bonds. The van der Waals surface area contributed by atoms with Gasteiger partial charge >= 0.3 is 0 Å². The highest BCUT2D eigenvalue weighted by molar-refractivity contribution is 5.76. The summed E-state index contributed by atoms with van der Waals surface area (Å²) in [5.41, 5.74) is 6.78.